The second kappa shape index (κ2) is 21.6. The fourth-order valence-corrected chi connectivity index (χ4v) is 11.1. The summed E-state index contributed by atoms with van der Waals surface area (Å²) in [7, 11) is -3.24. The van der Waals surface area contributed by atoms with Gasteiger partial charge in [-0.2, -0.15) is 0 Å². The molecule has 3 aliphatic heterocycles. The molecule has 3 saturated heterocycles. The highest BCUT2D eigenvalue weighted by Gasteiger charge is 2.34. The molecule has 3 aromatic rings. The number of fused-ring (bicyclic) bond motifs is 1. The molecule has 0 amide bonds. The molecule has 57 heavy (non-hydrogen) atoms. The number of rotatable bonds is 20. The lowest BCUT2D eigenvalue weighted by Gasteiger charge is -2.46. The van der Waals surface area contributed by atoms with Crippen LogP contribution >= 0.6 is 0 Å². The highest BCUT2D eigenvalue weighted by Crippen LogP contribution is 2.39. The van der Waals surface area contributed by atoms with E-state index in [4.69, 9.17) is 4.74 Å². The number of piperazine rings is 1. The number of hydrogen-bond acceptors (Lipinski definition) is 9. The number of piperidine rings is 2. The second-order valence-electron chi connectivity index (χ2n) is 16.8. The maximum Gasteiger partial charge on any atom is 0.210 e. The van der Waals surface area contributed by atoms with E-state index in [1.807, 2.05) is 12.1 Å². The van der Waals surface area contributed by atoms with Gasteiger partial charge in [0.25, 0.3) is 0 Å². The molecule has 3 aliphatic rings. The fourth-order valence-electron chi connectivity index (χ4n) is 9.12. The summed E-state index contributed by atoms with van der Waals surface area (Å²) in [6, 6.07) is 10.5. The van der Waals surface area contributed by atoms with Gasteiger partial charge in [-0.1, -0.05) is 77.6 Å². The summed E-state index contributed by atoms with van der Waals surface area (Å²) in [6.07, 6.45) is 22.1. The molecule has 1 aromatic heterocycles. The molecule has 2 aromatic carbocycles. The van der Waals surface area contributed by atoms with E-state index in [1.165, 1.54) is 89.0 Å². The van der Waals surface area contributed by atoms with E-state index in [1.54, 1.807) is 12.3 Å². The Morgan fingerprint density at radius 2 is 1.33 bits per heavy atom. The maximum atomic E-state index is 15.5. The van der Waals surface area contributed by atoms with Gasteiger partial charge in [-0.05, 0) is 88.6 Å². The minimum Gasteiger partial charge on any atom is -0.491 e. The van der Waals surface area contributed by atoms with Gasteiger partial charge in [-0.15, -0.1) is 0 Å². The molecular formula is C45H68FN5O4S2. The quantitative estimate of drug-likeness (QED) is 0.104. The monoisotopic (exact) mass is 825 g/mol. The normalized spacial score (nSPS) is 19.1. The van der Waals surface area contributed by atoms with Gasteiger partial charge in [0, 0.05) is 84.9 Å². The van der Waals surface area contributed by atoms with E-state index in [-0.39, 0.29) is 15.5 Å². The van der Waals surface area contributed by atoms with E-state index in [0.717, 1.165) is 77.4 Å². The zero-order valence-electron chi connectivity index (χ0n) is 34.9. The number of halogens is 1. The molecule has 0 spiro atoms. The van der Waals surface area contributed by atoms with Crippen molar-refractivity contribution < 1.29 is 21.8 Å². The van der Waals surface area contributed by atoms with Gasteiger partial charge < -0.3 is 19.4 Å². The number of ether oxygens (including phenoxy) is 1. The van der Waals surface area contributed by atoms with Gasteiger partial charge in [0.1, 0.15) is 4.90 Å². The Bertz CT molecular complexity index is 1860. The molecule has 1 atom stereocenters. The smallest absolute Gasteiger partial charge is 0.210 e. The van der Waals surface area contributed by atoms with Crippen molar-refractivity contribution >= 4 is 37.2 Å². The molecule has 0 radical (unpaired) electrons. The van der Waals surface area contributed by atoms with Crippen molar-refractivity contribution in [1.82, 2.24) is 19.7 Å². The molecule has 1 unspecified atom stereocenters. The summed E-state index contributed by atoms with van der Waals surface area (Å²) in [6.45, 7) is 10.8. The lowest BCUT2D eigenvalue weighted by Crippen LogP contribution is -2.54. The van der Waals surface area contributed by atoms with Crippen LogP contribution in [0.4, 0.5) is 10.1 Å². The van der Waals surface area contributed by atoms with Crippen molar-refractivity contribution in [2.24, 2.45) is 0 Å². The van der Waals surface area contributed by atoms with Crippen molar-refractivity contribution in [3.63, 3.8) is 0 Å². The zero-order valence-corrected chi connectivity index (χ0v) is 36.6. The summed E-state index contributed by atoms with van der Waals surface area (Å²) < 4.78 is 62.8. The molecule has 316 valence electrons. The third kappa shape index (κ3) is 11.8. The first-order valence-electron chi connectivity index (χ1n) is 22.0. The minimum atomic E-state index is -4.18. The minimum absolute atomic E-state index is 0.0463. The van der Waals surface area contributed by atoms with Crippen molar-refractivity contribution in [2.45, 2.75) is 136 Å². The standard InChI is InChI=1S/C45H68FN5O4S2/c1-4-5-6-7-8-9-10-11-12-13-14-15-32-55-43-19-17-39(34-41(43)46)57(53,54)44-35-47-42-18-16-38(56(3)52)33-40(42)45(44)51-26-22-36(23-27-51)49-24-20-37(21-25-49)50-30-28-48(2)29-31-50/h16-19,33-37H,4-15,20-32H2,1-3H3. The molecular weight excluding hydrogens is 758 g/mol. The molecule has 4 heterocycles. The second-order valence-corrected chi connectivity index (χ2v) is 20.1. The van der Waals surface area contributed by atoms with Gasteiger partial charge in [0.05, 0.1) is 22.7 Å². The summed E-state index contributed by atoms with van der Waals surface area (Å²) in [5.41, 5.74) is 1.20. The van der Waals surface area contributed by atoms with Crippen molar-refractivity contribution in [3.05, 3.63) is 48.4 Å². The number of likely N-dealkylation sites (N-methyl/N-ethyl adjacent to an activating group) is 1. The number of sulfone groups is 1. The first-order valence-corrected chi connectivity index (χ1v) is 25.0. The number of hydrogen-bond donors (Lipinski definition) is 0. The van der Waals surface area contributed by atoms with Crippen LogP contribution in [0.25, 0.3) is 10.9 Å². The number of unbranched alkanes of at least 4 members (excludes halogenated alkanes) is 11. The van der Waals surface area contributed by atoms with Crippen LogP contribution in [-0.2, 0) is 20.6 Å². The van der Waals surface area contributed by atoms with Crippen LogP contribution < -0.4 is 9.64 Å². The van der Waals surface area contributed by atoms with Crippen LogP contribution in [-0.4, -0.2) is 117 Å². The predicted molar refractivity (Wildman–Crippen MR) is 231 cm³/mol. The molecule has 0 saturated carbocycles. The van der Waals surface area contributed by atoms with E-state index >= 15 is 4.39 Å². The molecule has 0 N–H and O–H groups in total. The van der Waals surface area contributed by atoms with Crippen molar-refractivity contribution in [1.29, 1.82) is 0 Å². The Morgan fingerprint density at radius 3 is 1.93 bits per heavy atom. The molecule has 3 fully saturated rings. The van der Waals surface area contributed by atoms with Gasteiger partial charge in [0.15, 0.2) is 11.6 Å². The number of likely N-dealkylation sites (tertiary alicyclic amines) is 1. The molecule has 9 nitrogen and oxygen atoms in total. The lowest BCUT2D eigenvalue weighted by atomic mass is 9.96. The van der Waals surface area contributed by atoms with E-state index in [9.17, 15) is 12.6 Å². The Balaban J connectivity index is 1.08. The van der Waals surface area contributed by atoms with Crippen LogP contribution in [0.2, 0.25) is 0 Å². The van der Waals surface area contributed by atoms with Crippen LogP contribution in [0.5, 0.6) is 5.75 Å². The summed E-state index contributed by atoms with van der Waals surface area (Å²) in [5, 5.41) is 0.651. The zero-order chi connectivity index (χ0) is 40.2. The Morgan fingerprint density at radius 1 is 0.754 bits per heavy atom. The van der Waals surface area contributed by atoms with Crippen LogP contribution in [0.1, 0.15) is 110 Å². The Kier molecular flexibility index (Phi) is 16.6. The average molecular weight is 826 g/mol. The number of benzene rings is 2. The first kappa shape index (κ1) is 43.9. The largest absolute Gasteiger partial charge is 0.491 e. The summed E-state index contributed by atoms with van der Waals surface area (Å²) in [4.78, 5) is 15.0. The molecule has 0 bridgehead atoms. The lowest BCUT2D eigenvalue weighted by molar-refractivity contribution is 0.0495. The Hall–Kier alpha value is -2.64. The van der Waals surface area contributed by atoms with Crippen LogP contribution in [0.3, 0.4) is 0 Å². The number of anilines is 1. The van der Waals surface area contributed by atoms with Crippen molar-refractivity contribution in [3.8, 4) is 5.75 Å². The number of nitrogens with zero attached hydrogens (tertiary/aromatic N) is 5. The highest BCUT2D eigenvalue weighted by molar-refractivity contribution is 7.91. The molecule has 12 heteroatoms. The topological polar surface area (TPSA) is 86.3 Å². The predicted octanol–water partition coefficient (Wildman–Crippen LogP) is 8.70. The van der Waals surface area contributed by atoms with Gasteiger partial charge in [-0.3, -0.25) is 14.1 Å². The number of aromatic nitrogens is 1. The van der Waals surface area contributed by atoms with Crippen LogP contribution in [0, 0.1) is 5.82 Å². The molecule has 6 rings (SSSR count). The third-order valence-corrected chi connectivity index (χ3v) is 15.4. The van der Waals surface area contributed by atoms with Crippen LogP contribution in [0.15, 0.2) is 57.3 Å². The molecule has 0 aliphatic carbocycles. The third-order valence-electron chi connectivity index (χ3n) is 12.7. The van der Waals surface area contributed by atoms with E-state index in [0.29, 0.717) is 53.3 Å². The fraction of sp³-hybridized carbons (Fsp3) is 0.667. The van der Waals surface area contributed by atoms with Gasteiger partial charge in [-0.25, -0.2) is 12.8 Å². The number of pyridine rings is 1. The average Bonchev–Trinajstić information content (AvgIpc) is 3.22. The summed E-state index contributed by atoms with van der Waals surface area (Å²) in [5.74, 6) is -0.621. The summed E-state index contributed by atoms with van der Waals surface area (Å²) >= 11 is 0. The van der Waals surface area contributed by atoms with Gasteiger partial charge in [0.2, 0.25) is 9.84 Å². The van der Waals surface area contributed by atoms with Crippen molar-refractivity contribution in [2.75, 3.05) is 77.2 Å². The van der Waals surface area contributed by atoms with Gasteiger partial charge >= 0.3 is 0 Å². The Labute approximate surface area is 345 Å². The highest BCUT2D eigenvalue weighted by atomic mass is 32.2. The van der Waals surface area contributed by atoms with E-state index < -0.39 is 26.5 Å². The maximum absolute atomic E-state index is 15.5. The first-order chi connectivity index (χ1) is 27.7. The van der Waals surface area contributed by atoms with E-state index in [2.05, 4.69) is 38.6 Å². The SMILES string of the molecule is CCCCCCCCCCCCCCOc1ccc(S(=O)(=O)c2cnc3ccc(S(C)=O)cc3c2N2CCC(N3CCC(N4CCN(C)CC4)CC3)CC2)cc1F.